The third kappa shape index (κ3) is 7.97. The monoisotopic (exact) mass is 246 g/mol. The maximum Gasteiger partial charge on any atom is 0.141 e. The number of thiol groups is 1. The molecule has 15 heavy (non-hydrogen) atoms. The van der Waals surface area contributed by atoms with Gasteiger partial charge in [0.15, 0.2) is 0 Å². The maximum absolute atomic E-state index is 11.8. The van der Waals surface area contributed by atoms with E-state index in [0.717, 1.165) is 38.5 Å². The number of hydrogen-bond acceptors (Lipinski definition) is 2. The minimum absolute atomic E-state index is 0.218. The predicted octanol–water partition coefficient (Wildman–Crippen LogP) is 4.20. The molecule has 0 aromatic carbocycles. The van der Waals surface area contributed by atoms with Crippen molar-refractivity contribution in [2.24, 2.45) is 5.92 Å². The number of Topliss-reactive ketones (excluding diaryl/α,β-unsaturated/α-hetero) is 1. The van der Waals surface area contributed by atoms with Gasteiger partial charge >= 0.3 is 0 Å². The van der Waals surface area contributed by atoms with Crippen molar-refractivity contribution in [2.75, 3.05) is 0 Å². The summed E-state index contributed by atoms with van der Waals surface area (Å²) in [6, 6.07) is 0. The first-order chi connectivity index (χ1) is 7.11. The van der Waals surface area contributed by atoms with Gasteiger partial charge in [-0.05, 0) is 12.8 Å². The molecule has 0 heterocycles. The van der Waals surface area contributed by atoms with Gasteiger partial charge in [-0.3, -0.25) is 4.79 Å². The minimum Gasteiger partial charge on any atom is -0.299 e. The van der Waals surface area contributed by atoms with Crippen LogP contribution in [0, 0.1) is 5.92 Å². The lowest BCUT2D eigenvalue weighted by molar-refractivity contribution is -0.122. The van der Waals surface area contributed by atoms with Crippen LogP contribution < -0.4 is 0 Å². The van der Waals surface area contributed by atoms with Gasteiger partial charge in [-0.1, -0.05) is 51.7 Å². The first-order valence-electron chi connectivity index (χ1n) is 5.86. The molecule has 0 fully saturated rings. The SMILES string of the molecule is CCCCC(CCCC)C(=O)CC(=S)S. The van der Waals surface area contributed by atoms with Gasteiger partial charge in [-0.15, -0.1) is 12.6 Å². The summed E-state index contributed by atoms with van der Waals surface area (Å²) < 4.78 is 0.526. The second-order valence-corrected chi connectivity index (χ2v) is 5.35. The molecule has 0 atom stereocenters. The highest BCUT2D eigenvalue weighted by molar-refractivity contribution is 8.11. The van der Waals surface area contributed by atoms with Crippen LogP contribution in [0.15, 0.2) is 0 Å². The Balaban J connectivity index is 4.07. The van der Waals surface area contributed by atoms with Crippen molar-refractivity contribution in [1.82, 2.24) is 0 Å². The number of thiocarbonyl (C=S) groups is 1. The second kappa shape index (κ2) is 9.34. The normalized spacial score (nSPS) is 10.7. The summed E-state index contributed by atoms with van der Waals surface area (Å²) >= 11 is 8.88. The van der Waals surface area contributed by atoms with E-state index in [-0.39, 0.29) is 11.7 Å². The Morgan fingerprint density at radius 3 is 2.00 bits per heavy atom. The molecular weight excluding hydrogens is 224 g/mol. The lowest BCUT2D eigenvalue weighted by Gasteiger charge is -2.14. The van der Waals surface area contributed by atoms with E-state index in [1.54, 1.807) is 0 Å². The summed E-state index contributed by atoms with van der Waals surface area (Å²) in [6.45, 7) is 4.31. The van der Waals surface area contributed by atoms with E-state index in [9.17, 15) is 4.79 Å². The number of ketones is 1. The third-order valence-electron chi connectivity index (χ3n) is 2.59. The van der Waals surface area contributed by atoms with Crippen molar-refractivity contribution in [2.45, 2.75) is 58.8 Å². The van der Waals surface area contributed by atoms with Gasteiger partial charge in [0.05, 0.1) is 4.20 Å². The molecule has 0 bridgehead atoms. The summed E-state index contributed by atoms with van der Waals surface area (Å²) in [5, 5.41) is 0. The quantitative estimate of drug-likeness (QED) is 0.485. The summed E-state index contributed by atoms with van der Waals surface area (Å²) in [5.74, 6) is 0.506. The van der Waals surface area contributed by atoms with Gasteiger partial charge in [-0.2, -0.15) is 0 Å². The molecule has 0 aromatic rings. The minimum atomic E-state index is 0.218. The van der Waals surface area contributed by atoms with Crippen LogP contribution in [-0.2, 0) is 4.79 Å². The molecule has 0 N–H and O–H groups in total. The Bertz CT molecular complexity index is 194. The molecule has 0 saturated carbocycles. The van der Waals surface area contributed by atoms with Crippen LogP contribution >= 0.6 is 24.8 Å². The second-order valence-electron chi connectivity index (χ2n) is 4.02. The molecule has 0 aliphatic carbocycles. The van der Waals surface area contributed by atoms with Crippen LogP contribution in [-0.4, -0.2) is 9.98 Å². The molecular formula is C12H22OS2. The molecule has 88 valence electrons. The molecule has 0 amide bonds. The van der Waals surface area contributed by atoms with Gasteiger partial charge in [0.25, 0.3) is 0 Å². The number of hydrogen-bond donors (Lipinski definition) is 1. The number of unbranched alkanes of at least 4 members (excludes halogenated alkanes) is 2. The van der Waals surface area contributed by atoms with Gasteiger partial charge in [0.2, 0.25) is 0 Å². The van der Waals surface area contributed by atoms with Gasteiger partial charge in [-0.25, -0.2) is 0 Å². The zero-order chi connectivity index (χ0) is 11.7. The van der Waals surface area contributed by atoms with Gasteiger partial charge in [0.1, 0.15) is 5.78 Å². The lowest BCUT2D eigenvalue weighted by atomic mass is 9.91. The largest absolute Gasteiger partial charge is 0.299 e. The number of carbonyl (C=O) groups is 1. The van der Waals surface area contributed by atoms with Crippen molar-refractivity contribution < 1.29 is 4.79 Å². The molecule has 0 unspecified atom stereocenters. The Kier molecular flexibility index (Phi) is 9.41. The zero-order valence-electron chi connectivity index (χ0n) is 9.79. The molecule has 0 saturated heterocycles. The average Bonchev–Trinajstić information content (AvgIpc) is 2.17. The predicted molar refractivity (Wildman–Crippen MR) is 73.7 cm³/mol. The topological polar surface area (TPSA) is 17.1 Å². The van der Waals surface area contributed by atoms with Crippen LogP contribution in [0.1, 0.15) is 58.8 Å². The van der Waals surface area contributed by atoms with Gasteiger partial charge < -0.3 is 0 Å². The van der Waals surface area contributed by atoms with E-state index >= 15 is 0 Å². The summed E-state index contributed by atoms with van der Waals surface area (Å²) in [7, 11) is 0. The molecule has 0 aliphatic rings. The Hall–Kier alpha value is 0.110. The summed E-state index contributed by atoms with van der Waals surface area (Å²) in [6.07, 6.45) is 7.00. The van der Waals surface area contributed by atoms with E-state index in [4.69, 9.17) is 12.2 Å². The highest BCUT2D eigenvalue weighted by atomic mass is 32.1. The van der Waals surface area contributed by atoms with Crippen molar-refractivity contribution in [1.29, 1.82) is 0 Å². The number of carbonyl (C=O) groups excluding carboxylic acids is 1. The molecule has 0 aliphatic heterocycles. The molecule has 0 spiro atoms. The van der Waals surface area contributed by atoms with Crippen molar-refractivity contribution >= 4 is 34.8 Å². The highest BCUT2D eigenvalue weighted by Crippen LogP contribution is 2.19. The first kappa shape index (κ1) is 15.1. The molecule has 1 nitrogen and oxygen atoms in total. The fourth-order valence-electron chi connectivity index (χ4n) is 1.66. The maximum atomic E-state index is 11.8. The van der Waals surface area contributed by atoms with E-state index in [0.29, 0.717) is 10.6 Å². The summed E-state index contributed by atoms with van der Waals surface area (Å²) in [4.78, 5) is 11.8. The Labute approximate surface area is 104 Å². The van der Waals surface area contributed by atoms with Crippen LogP contribution in [0.25, 0.3) is 0 Å². The smallest absolute Gasteiger partial charge is 0.141 e. The molecule has 0 aromatic heterocycles. The third-order valence-corrected chi connectivity index (χ3v) is 2.90. The fraction of sp³-hybridized carbons (Fsp3) is 0.833. The zero-order valence-corrected chi connectivity index (χ0v) is 11.5. The average molecular weight is 246 g/mol. The first-order valence-corrected chi connectivity index (χ1v) is 6.71. The van der Waals surface area contributed by atoms with Crippen molar-refractivity contribution in [3.63, 3.8) is 0 Å². The van der Waals surface area contributed by atoms with E-state index < -0.39 is 0 Å². The van der Waals surface area contributed by atoms with E-state index in [2.05, 4.69) is 26.5 Å². The molecule has 0 radical (unpaired) electrons. The van der Waals surface area contributed by atoms with Crippen LogP contribution in [0.5, 0.6) is 0 Å². The molecule has 3 heteroatoms. The van der Waals surface area contributed by atoms with Crippen LogP contribution in [0.2, 0.25) is 0 Å². The van der Waals surface area contributed by atoms with Gasteiger partial charge in [0, 0.05) is 12.3 Å². The fourth-order valence-corrected chi connectivity index (χ4v) is 1.96. The number of rotatable bonds is 9. The highest BCUT2D eigenvalue weighted by Gasteiger charge is 2.17. The summed E-state index contributed by atoms with van der Waals surface area (Å²) in [5.41, 5.74) is 0. The van der Waals surface area contributed by atoms with E-state index in [1.807, 2.05) is 0 Å². The molecule has 0 rings (SSSR count). The van der Waals surface area contributed by atoms with E-state index in [1.165, 1.54) is 0 Å². The standard InChI is InChI=1S/C12H22OS2/c1-3-5-7-10(8-6-4-2)11(13)9-12(14)15/h10H,3-9H2,1-2H3,(H,14,15). The van der Waals surface area contributed by atoms with Crippen LogP contribution in [0.4, 0.5) is 0 Å². The van der Waals surface area contributed by atoms with Crippen molar-refractivity contribution in [3.05, 3.63) is 0 Å². The Morgan fingerprint density at radius 1 is 1.20 bits per heavy atom. The van der Waals surface area contributed by atoms with Crippen molar-refractivity contribution in [3.8, 4) is 0 Å². The Morgan fingerprint density at radius 2 is 1.67 bits per heavy atom. The van der Waals surface area contributed by atoms with Crippen LogP contribution in [0.3, 0.4) is 0 Å². The lowest BCUT2D eigenvalue weighted by Crippen LogP contribution is -2.16.